The Bertz CT molecular complexity index is 261. The summed E-state index contributed by atoms with van der Waals surface area (Å²) in [7, 11) is 0. The van der Waals surface area contributed by atoms with Crippen molar-refractivity contribution in [2.75, 3.05) is 0 Å². The second kappa shape index (κ2) is 5.16. The van der Waals surface area contributed by atoms with E-state index >= 15 is 0 Å². The smallest absolute Gasteiger partial charge is 0.0319 e. The molecule has 0 aromatic heterocycles. The SMILES string of the molecule is CC[C@H](NC(C)C)c1ccc(C)cc1. The van der Waals surface area contributed by atoms with E-state index in [0.717, 1.165) is 6.42 Å². The largest absolute Gasteiger partial charge is 0.308 e. The van der Waals surface area contributed by atoms with Gasteiger partial charge in [0.1, 0.15) is 0 Å². The van der Waals surface area contributed by atoms with Gasteiger partial charge in [0.25, 0.3) is 0 Å². The molecule has 0 aliphatic carbocycles. The van der Waals surface area contributed by atoms with Crippen LogP contribution in [0.5, 0.6) is 0 Å². The van der Waals surface area contributed by atoms with Gasteiger partial charge in [-0.2, -0.15) is 0 Å². The monoisotopic (exact) mass is 191 g/mol. The molecule has 1 N–H and O–H groups in total. The fourth-order valence-corrected chi connectivity index (χ4v) is 1.65. The maximum Gasteiger partial charge on any atom is 0.0319 e. The van der Waals surface area contributed by atoms with Crippen molar-refractivity contribution in [3.8, 4) is 0 Å². The van der Waals surface area contributed by atoms with Crippen molar-refractivity contribution >= 4 is 0 Å². The van der Waals surface area contributed by atoms with Crippen LogP contribution >= 0.6 is 0 Å². The summed E-state index contributed by atoms with van der Waals surface area (Å²) in [5.74, 6) is 0. The summed E-state index contributed by atoms with van der Waals surface area (Å²) in [4.78, 5) is 0. The maximum atomic E-state index is 3.57. The molecule has 0 unspecified atom stereocenters. The zero-order valence-electron chi connectivity index (χ0n) is 9.67. The molecule has 0 saturated carbocycles. The Morgan fingerprint density at radius 2 is 1.71 bits per heavy atom. The van der Waals surface area contributed by atoms with Crippen molar-refractivity contribution in [1.29, 1.82) is 0 Å². The van der Waals surface area contributed by atoms with Crippen LogP contribution < -0.4 is 5.32 Å². The van der Waals surface area contributed by atoms with Crippen molar-refractivity contribution in [2.45, 2.75) is 46.2 Å². The highest BCUT2D eigenvalue weighted by molar-refractivity contribution is 5.24. The van der Waals surface area contributed by atoms with Crippen LogP contribution in [0.3, 0.4) is 0 Å². The van der Waals surface area contributed by atoms with E-state index in [2.05, 4.69) is 57.3 Å². The fraction of sp³-hybridized carbons (Fsp3) is 0.538. The van der Waals surface area contributed by atoms with Crippen molar-refractivity contribution in [3.05, 3.63) is 35.4 Å². The Morgan fingerprint density at radius 1 is 1.14 bits per heavy atom. The van der Waals surface area contributed by atoms with Gasteiger partial charge in [-0.05, 0) is 18.9 Å². The Labute approximate surface area is 87.5 Å². The van der Waals surface area contributed by atoms with E-state index in [4.69, 9.17) is 0 Å². The van der Waals surface area contributed by atoms with Gasteiger partial charge in [-0.15, -0.1) is 0 Å². The van der Waals surface area contributed by atoms with E-state index in [1.165, 1.54) is 11.1 Å². The van der Waals surface area contributed by atoms with Crippen molar-refractivity contribution in [3.63, 3.8) is 0 Å². The lowest BCUT2D eigenvalue weighted by molar-refractivity contribution is 0.466. The Hall–Kier alpha value is -0.820. The molecule has 0 bridgehead atoms. The maximum absolute atomic E-state index is 3.57. The van der Waals surface area contributed by atoms with Crippen LogP contribution in [0, 0.1) is 6.92 Å². The lowest BCUT2D eigenvalue weighted by Crippen LogP contribution is -2.27. The molecule has 0 fully saturated rings. The summed E-state index contributed by atoms with van der Waals surface area (Å²) < 4.78 is 0. The molecule has 1 atom stereocenters. The minimum absolute atomic E-state index is 0.496. The highest BCUT2D eigenvalue weighted by atomic mass is 14.9. The molecule has 1 nitrogen and oxygen atoms in total. The summed E-state index contributed by atoms with van der Waals surface area (Å²) in [6.07, 6.45) is 1.14. The topological polar surface area (TPSA) is 12.0 Å². The van der Waals surface area contributed by atoms with Gasteiger partial charge in [-0.3, -0.25) is 0 Å². The number of hydrogen-bond acceptors (Lipinski definition) is 1. The molecule has 0 heterocycles. The summed E-state index contributed by atoms with van der Waals surface area (Å²) in [6.45, 7) is 8.73. The molecule has 14 heavy (non-hydrogen) atoms. The molecule has 0 aliphatic heterocycles. The van der Waals surface area contributed by atoms with Crippen LogP contribution in [0.25, 0.3) is 0 Å². The Kier molecular flexibility index (Phi) is 4.15. The van der Waals surface area contributed by atoms with Crippen LogP contribution in [-0.4, -0.2) is 6.04 Å². The van der Waals surface area contributed by atoms with Gasteiger partial charge < -0.3 is 5.32 Å². The van der Waals surface area contributed by atoms with E-state index in [1.807, 2.05) is 0 Å². The van der Waals surface area contributed by atoms with Crippen molar-refractivity contribution < 1.29 is 0 Å². The molecule has 1 aromatic rings. The van der Waals surface area contributed by atoms with E-state index < -0.39 is 0 Å². The van der Waals surface area contributed by atoms with Crippen LogP contribution in [-0.2, 0) is 0 Å². The Morgan fingerprint density at radius 3 is 2.14 bits per heavy atom. The molecule has 1 aromatic carbocycles. The number of aryl methyl sites for hydroxylation is 1. The van der Waals surface area contributed by atoms with Crippen LogP contribution in [0.4, 0.5) is 0 Å². The summed E-state index contributed by atoms with van der Waals surface area (Å²) in [5.41, 5.74) is 2.72. The van der Waals surface area contributed by atoms with Crippen LogP contribution in [0.15, 0.2) is 24.3 Å². The molecule has 1 heteroatoms. The van der Waals surface area contributed by atoms with E-state index in [0.29, 0.717) is 12.1 Å². The van der Waals surface area contributed by atoms with E-state index in [9.17, 15) is 0 Å². The number of rotatable bonds is 4. The molecule has 0 spiro atoms. The first-order valence-electron chi connectivity index (χ1n) is 5.46. The normalized spacial score (nSPS) is 13.2. The van der Waals surface area contributed by atoms with Crippen LogP contribution in [0.2, 0.25) is 0 Å². The molecule has 0 amide bonds. The average molecular weight is 191 g/mol. The fourth-order valence-electron chi connectivity index (χ4n) is 1.65. The number of benzene rings is 1. The molecule has 0 saturated heterocycles. The average Bonchev–Trinajstić information content (AvgIpc) is 2.15. The molecule has 1 rings (SSSR count). The first-order valence-corrected chi connectivity index (χ1v) is 5.46. The Balaban J connectivity index is 2.73. The predicted octanol–water partition coefficient (Wildman–Crippen LogP) is 3.44. The molecule has 0 aliphatic rings. The quantitative estimate of drug-likeness (QED) is 0.768. The third-order valence-electron chi connectivity index (χ3n) is 2.42. The third kappa shape index (κ3) is 3.15. The lowest BCUT2D eigenvalue weighted by atomic mass is 10.0. The van der Waals surface area contributed by atoms with E-state index in [1.54, 1.807) is 0 Å². The first-order chi connectivity index (χ1) is 6.63. The summed E-state index contributed by atoms with van der Waals surface area (Å²) in [5, 5.41) is 3.57. The summed E-state index contributed by atoms with van der Waals surface area (Å²) in [6, 6.07) is 9.84. The van der Waals surface area contributed by atoms with Gasteiger partial charge in [0.05, 0.1) is 0 Å². The second-order valence-electron chi connectivity index (χ2n) is 4.19. The lowest BCUT2D eigenvalue weighted by Gasteiger charge is -2.20. The van der Waals surface area contributed by atoms with E-state index in [-0.39, 0.29) is 0 Å². The zero-order chi connectivity index (χ0) is 10.6. The minimum Gasteiger partial charge on any atom is -0.308 e. The third-order valence-corrected chi connectivity index (χ3v) is 2.42. The first kappa shape index (κ1) is 11.3. The zero-order valence-corrected chi connectivity index (χ0v) is 9.67. The van der Waals surface area contributed by atoms with Gasteiger partial charge in [0, 0.05) is 12.1 Å². The standard InChI is InChI=1S/C13H21N/c1-5-13(14-10(2)3)12-8-6-11(4)7-9-12/h6-10,13-14H,5H2,1-4H3/t13-/m0/s1. The molecule has 78 valence electrons. The summed E-state index contributed by atoms with van der Waals surface area (Å²) >= 11 is 0. The van der Waals surface area contributed by atoms with Gasteiger partial charge in [0.2, 0.25) is 0 Å². The van der Waals surface area contributed by atoms with Crippen molar-refractivity contribution in [1.82, 2.24) is 5.32 Å². The highest BCUT2D eigenvalue weighted by Gasteiger charge is 2.08. The predicted molar refractivity (Wildman–Crippen MR) is 62.5 cm³/mol. The van der Waals surface area contributed by atoms with Crippen molar-refractivity contribution in [2.24, 2.45) is 0 Å². The van der Waals surface area contributed by atoms with Gasteiger partial charge in [-0.1, -0.05) is 50.6 Å². The minimum atomic E-state index is 0.496. The van der Waals surface area contributed by atoms with Gasteiger partial charge in [0.15, 0.2) is 0 Å². The second-order valence-corrected chi connectivity index (χ2v) is 4.19. The van der Waals surface area contributed by atoms with Gasteiger partial charge >= 0.3 is 0 Å². The molecule has 0 radical (unpaired) electrons. The highest BCUT2D eigenvalue weighted by Crippen LogP contribution is 2.17. The number of hydrogen-bond donors (Lipinski definition) is 1. The van der Waals surface area contributed by atoms with Gasteiger partial charge in [-0.25, -0.2) is 0 Å². The molecular formula is C13H21N. The van der Waals surface area contributed by atoms with Crippen LogP contribution in [0.1, 0.15) is 44.4 Å². The number of nitrogens with one attached hydrogen (secondary N) is 1. The molecular weight excluding hydrogens is 170 g/mol.